The van der Waals surface area contributed by atoms with Gasteiger partial charge in [-0.25, -0.2) is 9.37 Å². The van der Waals surface area contributed by atoms with E-state index in [1.165, 1.54) is 12.3 Å². The summed E-state index contributed by atoms with van der Waals surface area (Å²) in [6.45, 7) is 2.90. The summed E-state index contributed by atoms with van der Waals surface area (Å²) in [4.78, 5) is 23.6. The highest BCUT2D eigenvalue weighted by Crippen LogP contribution is 2.57. The Morgan fingerprint density at radius 2 is 1.92 bits per heavy atom. The van der Waals surface area contributed by atoms with Crippen LogP contribution in [0.15, 0.2) is 30.5 Å². The third kappa shape index (κ3) is 3.82. The van der Waals surface area contributed by atoms with Crippen LogP contribution in [0.25, 0.3) is 5.69 Å². The maximum absolute atomic E-state index is 13.6. The van der Waals surface area contributed by atoms with Gasteiger partial charge in [0, 0.05) is 56.2 Å². The van der Waals surface area contributed by atoms with Gasteiger partial charge in [0.1, 0.15) is 17.2 Å². The number of halogens is 2. The van der Waals surface area contributed by atoms with Crippen LogP contribution in [0.5, 0.6) is 5.75 Å². The minimum atomic E-state index is -0.490. The minimum Gasteiger partial charge on any atom is -0.493 e. The van der Waals surface area contributed by atoms with Crippen molar-refractivity contribution < 1.29 is 13.9 Å². The molecule has 1 aromatic carbocycles. The average molecular weight is 552 g/mol. The number of carbonyl (C=O) groups is 1. The Morgan fingerprint density at radius 3 is 2.62 bits per heavy atom. The molecule has 1 saturated heterocycles. The number of hydrogen-bond acceptors (Lipinski definition) is 7. The zero-order valence-electron chi connectivity index (χ0n) is 22.3. The number of rotatable bonds is 5. The topological polar surface area (TPSA) is 79.6 Å². The summed E-state index contributed by atoms with van der Waals surface area (Å²) in [6.07, 6.45) is 4.93. The van der Waals surface area contributed by atoms with E-state index in [1.807, 2.05) is 26.2 Å². The first kappa shape index (κ1) is 24.8. The molecular formula is C28H31ClFN7O2. The molecule has 2 saturated carbocycles. The van der Waals surface area contributed by atoms with E-state index >= 15 is 0 Å². The highest BCUT2D eigenvalue weighted by atomic mass is 35.5. The monoisotopic (exact) mass is 551 g/mol. The fourth-order valence-electron chi connectivity index (χ4n) is 6.93. The lowest BCUT2D eigenvalue weighted by Gasteiger charge is -2.59. The van der Waals surface area contributed by atoms with Crippen molar-refractivity contribution in [2.75, 3.05) is 39.2 Å². The zero-order valence-corrected chi connectivity index (χ0v) is 23.1. The Labute approximate surface area is 231 Å². The summed E-state index contributed by atoms with van der Waals surface area (Å²) in [5.41, 5.74) is 1.82. The second-order valence-corrected chi connectivity index (χ2v) is 12.2. The molecule has 2 aliphatic carbocycles. The lowest BCUT2D eigenvalue weighted by molar-refractivity contribution is -0.136. The molecule has 9 nitrogen and oxygen atoms in total. The molecule has 0 N–H and O–H groups in total. The molecule has 2 aliphatic heterocycles. The fourth-order valence-corrected chi connectivity index (χ4v) is 7.13. The molecule has 11 heteroatoms. The first-order chi connectivity index (χ1) is 18.7. The van der Waals surface area contributed by atoms with Gasteiger partial charge in [0.15, 0.2) is 17.4 Å². The van der Waals surface area contributed by atoms with E-state index in [4.69, 9.17) is 21.4 Å². The molecule has 204 valence electrons. The van der Waals surface area contributed by atoms with Crippen molar-refractivity contribution in [3.8, 4) is 11.4 Å². The van der Waals surface area contributed by atoms with Gasteiger partial charge in [-0.15, -0.1) is 10.2 Å². The number of nitrogens with zero attached hydrogens (tertiary/aromatic N) is 7. The van der Waals surface area contributed by atoms with Crippen molar-refractivity contribution in [3.63, 3.8) is 0 Å². The first-order valence-electron chi connectivity index (χ1n) is 13.4. The molecule has 4 heterocycles. The Morgan fingerprint density at radius 1 is 1.15 bits per heavy atom. The van der Waals surface area contributed by atoms with Crippen LogP contribution >= 0.6 is 11.6 Å². The van der Waals surface area contributed by atoms with Gasteiger partial charge in [0.2, 0.25) is 5.91 Å². The highest BCUT2D eigenvalue weighted by Gasteiger charge is 2.57. The van der Waals surface area contributed by atoms with Gasteiger partial charge in [-0.1, -0.05) is 11.6 Å². The van der Waals surface area contributed by atoms with Crippen LogP contribution in [0.3, 0.4) is 0 Å². The van der Waals surface area contributed by atoms with Gasteiger partial charge < -0.3 is 14.5 Å². The number of methoxy groups -OCH3 is 1. The molecule has 4 aliphatic rings. The number of benzene rings is 1. The number of pyridine rings is 1. The minimum absolute atomic E-state index is 0.141. The lowest BCUT2D eigenvalue weighted by atomic mass is 9.57. The normalized spacial score (nSPS) is 20.9. The SMILES string of the molecule is COc1cc(F)cnc1N1CC2(CC(c3nnc4n3-c3ccc(Cl)cc3CN(C3(C(=O)N(C)C)CC3)C4)C2)C1. The van der Waals surface area contributed by atoms with E-state index in [9.17, 15) is 9.18 Å². The largest absolute Gasteiger partial charge is 0.493 e. The van der Waals surface area contributed by atoms with E-state index in [-0.39, 0.29) is 17.2 Å². The van der Waals surface area contributed by atoms with Gasteiger partial charge in [-0.2, -0.15) is 0 Å². The standard InChI is InChI=1S/C28H31ClFN7O2/c1-34(2)26(38)28(6-7-28)36-13-17-8-19(29)4-5-21(17)37-23(14-36)32-33-24(37)18-10-27(11-18)15-35(16-27)25-22(39-3)9-20(30)12-31-25/h4-5,8-9,12,18H,6-7,10-11,13-16H2,1-3H3. The van der Waals surface area contributed by atoms with Gasteiger partial charge in [-0.05, 0) is 49.4 Å². The van der Waals surface area contributed by atoms with Gasteiger partial charge in [-0.3, -0.25) is 14.3 Å². The Kier molecular flexibility index (Phi) is 5.48. The number of likely N-dealkylation sites (N-methyl/N-ethyl adjacent to an activating group) is 1. The third-order valence-electron chi connectivity index (χ3n) is 8.96. The number of carbonyl (C=O) groups excluding carboxylic acids is 1. The molecule has 0 unspecified atom stereocenters. The maximum atomic E-state index is 13.6. The van der Waals surface area contributed by atoms with Gasteiger partial charge in [0.05, 0.1) is 25.5 Å². The predicted molar refractivity (Wildman–Crippen MR) is 144 cm³/mol. The molecule has 0 atom stereocenters. The van der Waals surface area contributed by atoms with Crippen LogP contribution < -0.4 is 9.64 Å². The van der Waals surface area contributed by atoms with Crippen molar-refractivity contribution in [1.29, 1.82) is 0 Å². The quantitative estimate of drug-likeness (QED) is 0.477. The Balaban J connectivity index is 1.15. The van der Waals surface area contributed by atoms with E-state index in [0.717, 1.165) is 61.7 Å². The molecule has 1 spiro atoms. The average Bonchev–Trinajstić information content (AvgIpc) is 3.60. The molecule has 2 aromatic heterocycles. The molecule has 1 amide bonds. The van der Waals surface area contributed by atoms with E-state index in [1.54, 1.807) is 12.0 Å². The van der Waals surface area contributed by atoms with Crippen LogP contribution in [0.2, 0.25) is 5.02 Å². The number of fused-ring (bicyclic) bond motifs is 3. The zero-order chi connectivity index (χ0) is 27.1. The van der Waals surface area contributed by atoms with E-state index in [2.05, 4.69) is 30.5 Å². The summed E-state index contributed by atoms with van der Waals surface area (Å²) < 4.78 is 21.2. The summed E-state index contributed by atoms with van der Waals surface area (Å²) in [7, 11) is 5.18. The molecule has 0 radical (unpaired) electrons. The summed E-state index contributed by atoms with van der Waals surface area (Å²) in [5.74, 6) is 3.01. The molecular weight excluding hydrogens is 521 g/mol. The Bertz CT molecular complexity index is 1470. The van der Waals surface area contributed by atoms with Gasteiger partial charge >= 0.3 is 0 Å². The number of aromatic nitrogens is 4. The number of amides is 1. The van der Waals surface area contributed by atoms with Crippen LogP contribution in [-0.4, -0.2) is 75.3 Å². The highest BCUT2D eigenvalue weighted by molar-refractivity contribution is 6.30. The van der Waals surface area contributed by atoms with Crippen LogP contribution in [0.1, 0.15) is 48.8 Å². The van der Waals surface area contributed by atoms with Crippen molar-refractivity contribution in [3.05, 3.63) is 58.5 Å². The Hall–Kier alpha value is -3.24. The summed E-state index contributed by atoms with van der Waals surface area (Å²) >= 11 is 6.45. The number of ether oxygens (including phenoxy) is 1. The lowest BCUT2D eigenvalue weighted by Crippen LogP contribution is -2.62. The van der Waals surface area contributed by atoms with Gasteiger partial charge in [0.25, 0.3) is 0 Å². The van der Waals surface area contributed by atoms with Crippen molar-refractivity contribution in [2.45, 2.75) is 50.2 Å². The van der Waals surface area contributed by atoms with Crippen molar-refractivity contribution in [2.24, 2.45) is 5.41 Å². The number of hydrogen-bond donors (Lipinski definition) is 0. The van der Waals surface area contributed by atoms with E-state index < -0.39 is 11.4 Å². The molecule has 39 heavy (non-hydrogen) atoms. The van der Waals surface area contributed by atoms with Crippen LogP contribution in [-0.2, 0) is 17.9 Å². The van der Waals surface area contributed by atoms with Crippen molar-refractivity contribution in [1.82, 2.24) is 29.5 Å². The summed E-state index contributed by atoms with van der Waals surface area (Å²) in [6, 6.07) is 7.36. The third-order valence-corrected chi connectivity index (χ3v) is 9.19. The predicted octanol–water partition coefficient (Wildman–Crippen LogP) is 3.78. The maximum Gasteiger partial charge on any atom is 0.242 e. The first-order valence-corrected chi connectivity index (χ1v) is 13.7. The molecule has 7 rings (SSSR count). The van der Waals surface area contributed by atoms with Crippen molar-refractivity contribution >= 4 is 23.3 Å². The summed E-state index contributed by atoms with van der Waals surface area (Å²) in [5, 5.41) is 10.0. The number of anilines is 1. The molecule has 3 fully saturated rings. The van der Waals surface area contributed by atoms with Crippen LogP contribution in [0, 0.1) is 11.2 Å². The second-order valence-electron chi connectivity index (χ2n) is 11.8. The molecule has 3 aromatic rings. The smallest absolute Gasteiger partial charge is 0.242 e. The fraction of sp³-hybridized carbons (Fsp3) is 0.500. The molecule has 0 bridgehead atoms. The second kappa shape index (κ2) is 8.63. The van der Waals surface area contributed by atoms with Crippen LogP contribution in [0.4, 0.5) is 10.2 Å². The van der Waals surface area contributed by atoms with E-state index in [0.29, 0.717) is 29.7 Å².